The molecule has 0 saturated heterocycles. The van der Waals surface area contributed by atoms with Crippen molar-refractivity contribution >= 4 is 30.9 Å². The van der Waals surface area contributed by atoms with Gasteiger partial charge in [0.25, 0.3) is 11.8 Å². The molecule has 112 valence electrons. The third-order valence-electron chi connectivity index (χ3n) is 4.79. The highest BCUT2D eigenvalue weighted by atomic mass is 16.2. The van der Waals surface area contributed by atoms with Crippen molar-refractivity contribution in [3.05, 3.63) is 65.2 Å². The van der Waals surface area contributed by atoms with E-state index >= 15 is 0 Å². The van der Waals surface area contributed by atoms with Crippen molar-refractivity contribution in [1.29, 1.82) is 0 Å². The van der Waals surface area contributed by atoms with Gasteiger partial charge in [-0.2, -0.15) is 0 Å². The van der Waals surface area contributed by atoms with Crippen molar-refractivity contribution in [3.8, 4) is 0 Å². The molecule has 0 N–H and O–H groups in total. The highest BCUT2D eigenvalue weighted by Gasteiger charge is 2.56. The fraction of sp³-hybridized carbons (Fsp3) is 0.167. The maximum Gasteiger partial charge on any atom is 0.262 e. The Kier molecular flexibility index (Phi) is 2.82. The number of amides is 2. The second-order valence-electron chi connectivity index (χ2n) is 6.28. The van der Waals surface area contributed by atoms with Crippen LogP contribution < -0.4 is 5.46 Å². The Labute approximate surface area is 134 Å². The molecule has 0 atom stereocenters. The normalized spacial score (nSPS) is 18.8. The smallest absolute Gasteiger partial charge is 0.262 e. The van der Waals surface area contributed by atoms with Crippen molar-refractivity contribution < 1.29 is 14.4 Å². The molecule has 0 bridgehead atoms. The Bertz CT molecular complexity index is 814. The van der Waals surface area contributed by atoms with Crippen LogP contribution in [0.3, 0.4) is 0 Å². The maximum absolute atomic E-state index is 12.8. The average Bonchev–Trinajstić information content (AvgIpc) is 2.77. The molecular formula is C18H14BNO3. The summed E-state index contributed by atoms with van der Waals surface area (Å²) in [6.45, 7) is 0. The summed E-state index contributed by atoms with van der Waals surface area (Å²) in [5.41, 5.74) is 1.94. The van der Waals surface area contributed by atoms with Gasteiger partial charge in [0.1, 0.15) is 13.6 Å². The van der Waals surface area contributed by atoms with E-state index < -0.39 is 5.54 Å². The molecule has 4 nitrogen and oxygen atoms in total. The van der Waals surface area contributed by atoms with Crippen LogP contribution in [0.25, 0.3) is 0 Å². The molecule has 23 heavy (non-hydrogen) atoms. The van der Waals surface area contributed by atoms with E-state index in [4.69, 9.17) is 0 Å². The summed E-state index contributed by atoms with van der Waals surface area (Å²) in [6.07, 6.45) is 0.392. The monoisotopic (exact) mass is 303 g/mol. The van der Waals surface area contributed by atoms with Gasteiger partial charge in [-0.1, -0.05) is 41.9 Å². The molecule has 0 radical (unpaired) electrons. The van der Waals surface area contributed by atoms with Gasteiger partial charge in [-0.15, -0.1) is 0 Å². The second-order valence-corrected chi connectivity index (χ2v) is 6.28. The van der Waals surface area contributed by atoms with Crippen molar-refractivity contribution in [3.63, 3.8) is 0 Å². The molecule has 1 heterocycles. The minimum Gasteiger partial charge on any atom is -0.299 e. The lowest BCUT2D eigenvalue weighted by Gasteiger charge is -2.46. The first kappa shape index (κ1) is 13.9. The zero-order valence-corrected chi connectivity index (χ0v) is 12.7. The molecule has 0 spiro atoms. The number of carbonyl (C=O) groups excluding carboxylic acids is 3. The lowest BCUT2D eigenvalue weighted by Crippen LogP contribution is -2.57. The number of carbonyl (C=O) groups is 3. The summed E-state index contributed by atoms with van der Waals surface area (Å²) in [7, 11) is 1.98. The maximum atomic E-state index is 12.8. The second kappa shape index (κ2) is 4.65. The van der Waals surface area contributed by atoms with Crippen LogP contribution in [0.4, 0.5) is 0 Å². The quantitative estimate of drug-likeness (QED) is 0.609. The Morgan fingerprint density at radius 1 is 0.826 bits per heavy atom. The van der Waals surface area contributed by atoms with Crippen LogP contribution in [0.15, 0.2) is 48.5 Å². The number of hydrogen-bond donors (Lipinski definition) is 0. The summed E-state index contributed by atoms with van der Waals surface area (Å²) in [6, 6.07) is 14.5. The predicted octanol–water partition coefficient (Wildman–Crippen LogP) is 0.799. The van der Waals surface area contributed by atoms with E-state index in [1.807, 2.05) is 32.1 Å². The van der Waals surface area contributed by atoms with Crippen molar-refractivity contribution in [2.75, 3.05) is 0 Å². The van der Waals surface area contributed by atoms with E-state index in [1.165, 1.54) is 4.90 Å². The topological polar surface area (TPSA) is 54.5 Å². The summed E-state index contributed by atoms with van der Waals surface area (Å²) in [4.78, 5) is 38.6. The molecular weight excluding hydrogens is 289 g/mol. The van der Waals surface area contributed by atoms with Crippen LogP contribution in [0.2, 0.25) is 0 Å². The van der Waals surface area contributed by atoms with Crippen molar-refractivity contribution in [1.82, 2.24) is 4.90 Å². The van der Waals surface area contributed by atoms with Crippen LogP contribution in [-0.4, -0.2) is 30.3 Å². The van der Waals surface area contributed by atoms with Gasteiger partial charge >= 0.3 is 0 Å². The van der Waals surface area contributed by atoms with Gasteiger partial charge in [-0.25, -0.2) is 0 Å². The highest BCUT2D eigenvalue weighted by molar-refractivity contribution is 6.32. The number of hydrogen-bond acceptors (Lipinski definition) is 3. The first-order chi connectivity index (χ1) is 11.0. The molecule has 2 aromatic carbocycles. The summed E-state index contributed by atoms with van der Waals surface area (Å²) in [5.74, 6) is -0.542. The first-order valence-corrected chi connectivity index (χ1v) is 7.60. The number of Topliss-reactive ketones (excluding diaryl/α,β-unsaturated/α-hetero) is 1. The zero-order chi connectivity index (χ0) is 16.2. The van der Waals surface area contributed by atoms with E-state index in [-0.39, 0.29) is 30.4 Å². The Balaban J connectivity index is 1.84. The SMILES string of the molecule is Bc1ccc(C2(N3C(=O)c4ccccc4C3=O)CC(=O)C2)cc1. The van der Waals surface area contributed by atoms with Crippen LogP contribution >= 0.6 is 0 Å². The largest absolute Gasteiger partial charge is 0.299 e. The van der Waals surface area contributed by atoms with Gasteiger partial charge in [0.2, 0.25) is 0 Å². The number of benzene rings is 2. The Hall–Kier alpha value is -2.69. The lowest BCUT2D eigenvalue weighted by atomic mass is 9.69. The van der Waals surface area contributed by atoms with Crippen LogP contribution in [0, 0.1) is 0 Å². The first-order valence-electron chi connectivity index (χ1n) is 7.60. The number of nitrogens with zero attached hydrogens (tertiary/aromatic N) is 1. The fourth-order valence-corrected chi connectivity index (χ4v) is 3.53. The van der Waals surface area contributed by atoms with Crippen molar-refractivity contribution in [2.24, 2.45) is 0 Å². The highest BCUT2D eigenvalue weighted by Crippen LogP contribution is 2.47. The number of imide groups is 1. The number of rotatable bonds is 2. The van der Waals surface area contributed by atoms with Crippen LogP contribution in [0.1, 0.15) is 39.1 Å². The minimum absolute atomic E-state index is 0.0714. The number of ketones is 1. The summed E-state index contributed by atoms with van der Waals surface area (Å²) >= 11 is 0. The van der Waals surface area contributed by atoms with E-state index in [9.17, 15) is 14.4 Å². The third kappa shape index (κ3) is 1.83. The molecule has 0 unspecified atom stereocenters. The molecule has 2 aromatic rings. The van der Waals surface area contributed by atoms with E-state index in [0.717, 1.165) is 11.0 Å². The van der Waals surface area contributed by atoms with E-state index in [1.54, 1.807) is 24.3 Å². The molecule has 5 heteroatoms. The van der Waals surface area contributed by atoms with Crippen molar-refractivity contribution in [2.45, 2.75) is 18.4 Å². The van der Waals surface area contributed by atoms with E-state index in [0.29, 0.717) is 11.1 Å². The Morgan fingerprint density at radius 3 is 1.83 bits per heavy atom. The van der Waals surface area contributed by atoms with Crippen LogP contribution in [0.5, 0.6) is 0 Å². The molecule has 4 rings (SSSR count). The summed E-state index contributed by atoms with van der Waals surface area (Å²) < 4.78 is 0. The zero-order valence-electron chi connectivity index (χ0n) is 12.7. The number of fused-ring (bicyclic) bond motifs is 1. The predicted molar refractivity (Wildman–Crippen MR) is 87.5 cm³/mol. The van der Waals surface area contributed by atoms with E-state index in [2.05, 4.69) is 0 Å². The molecule has 1 fully saturated rings. The van der Waals surface area contributed by atoms with Gasteiger partial charge in [-0.05, 0) is 17.7 Å². The molecule has 2 aliphatic rings. The average molecular weight is 303 g/mol. The van der Waals surface area contributed by atoms with Gasteiger partial charge in [-0.3, -0.25) is 19.3 Å². The Morgan fingerprint density at radius 2 is 1.35 bits per heavy atom. The standard InChI is InChI=1S/C18H14BNO3/c19-12-7-5-11(6-8-12)18(9-13(21)10-18)20-16(22)14-3-1-2-4-15(14)17(20)23/h1-8H,9-10,19H2. The van der Waals surface area contributed by atoms with Gasteiger partial charge < -0.3 is 0 Å². The van der Waals surface area contributed by atoms with Gasteiger partial charge in [0.15, 0.2) is 0 Å². The molecule has 1 aliphatic heterocycles. The fourth-order valence-electron chi connectivity index (χ4n) is 3.53. The molecule has 0 aromatic heterocycles. The lowest BCUT2D eigenvalue weighted by molar-refractivity contribution is -0.132. The molecule has 1 aliphatic carbocycles. The molecule has 1 saturated carbocycles. The van der Waals surface area contributed by atoms with Crippen LogP contribution in [-0.2, 0) is 10.3 Å². The minimum atomic E-state index is -0.835. The molecule has 2 amide bonds. The van der Waals surface area contributed by atoms with Gasteiger partial charge in [0, 0.05) is 12.8 Å². The third-order valence-corrected chi connectivity index (χ3v) is 4.79. The van der Waals surface area contributed by atoms with Gasteiger partial charge in [0.05, 0.1) is 16.7 Å². The summed E-state index contributed by atoms with van der Waals surface area (Å²) in [5, 5.41) is 0.